The number of aryl methyl sites for hydroxylation is 2. The van der Waals surface area contributed by atoms with Crippen LogP contribution in [0.1, 0.15) is 30.3 Å². The molecule has 2 aromatic rings. The maximum Gasteiger partial charge on any atom is 0.191 e. The van der Waals surface area contributed by atoms with E-state index in [1.54, 1.807) is 24.3 Å². The zero-order valence-corrected chi connectivity index (χ0v) is 17.3. The summed E-state index contributed by atoms with van der Waals surface area (Å²) >= 11 is 0. The van der Waals surface area contributed by atoms with E-state index in [0.717, 1.165) is 23.5 Å². The van der Waals surface area contributed by atoms with Gasteiger partial charge in [0.2, 0.25) is 0 Å². The van der Waals surface area contributed by atoms with Crippen molar-refractivity contribution >= 4 is 15.8 Å². The van der Waals surface area contributed by atoms with Crippen LogP contribution in [0.25, 0.3) is 0 Å². The van der Waals surface area contributed by atoms with E-state index >= 15 is 0 Å². The SMILES string of the molecule is CCNC(=NCc1c(C)nn(C)c1C)NCCCS(=O)(=O)c1ccccc1. The number of guanidine groups is 1. The fourth-order valence-electron chi connectivity index (χ4n) is 2.76. The first-order chi connectivity index (χ1) is 12.8. The molecule has 1 aromatic carbocycles. The average molecular weight is 392 g/mol. The highest BCUT2D eigenvalue weighted by Crippen LogP contribution is 2.13. The molecule has 148 valence electrons. The summed E-state index contributed by atoms with van der Waals surface area (Å²) in [6.07, 6.45) is 0.507. The molecule has 0 bridgehead atoms. The summed E-state index contributed by atoms with van der Waals surface area (Å²) in [5, 5.41) is 10.8. The molecule has 7 nitrogen and oxygen atoms in total. The van der Waals surface area contributed by atoms with Crippen molar-refractivity contribution in [3.8, 4) is 0 Å². The lowest BCUT2D eigenvalue weighted by Crippen LogP contribution is -2.38. The number of aromatic nitrogens is 2. The summed E-state index contributed by atoms with van der Waals surface area (Å²) in [5.41, 5.74) is 3.19. The molecule has 1 heterocycles. The van der Waals surface area contributed by atoms with Crippen molar-refractivity contribution in [2.45, 2.75) is 38.6 Å². The second-order valence-electron chi connectivity index (χ2n) is 6.38. The number of aliphatic imine (C=N–C) groups is 1. The molecular weight excluding hydrogens is 362 g/mol. The second-order valence-corrected chi connectivity index (χ2v) is 8.49. The van der Waals surface area contributed by atoms with Gasteiger partial charge in [0, 0.05) is 31.4 Å². The van der Waals surface area contributed by atoms with Crippen LogP contribution in [0.2, 0.25) is 0 Å². The Balaban J connectivity index is 1.91. The Hall–Kier alpha value is -2.35. The minimum atomic E-state index is -3.25. The van der Waals surface area contributed by atoms with Crippen molar-refractivity contribution in [2.24, 2.45) is 12.0 Å². The maximum absolute atomic E-state index is 12.3. The third-order valence-electron chi connectivity index (χ3n) is 4.38. The van der Waals surface area contributed by atoms with E-state index in [4.69, 9.17) is 0 Å². The molecule has 0 saturated carbocycles. The number of nitrogens with zero attached hydrogens (tertiary/aromatic N) is 3. The van der Waals surface area contributed by atoms with Crippen molar-refractivity contribution in [3.63, 3.8) is 0 Å². The first-order valence-electron chi connectivity index (χ1n) is 9.14. The highest BCUT2D eigenvalue weighted by Gasteiger charge is 2.13. The van der Waals surface area contributed by atoms with E-state index in [1.807, 2.05) is 38.6 Å². The standard InChI is InChI=1S/C19H29N5O2S/c1-5-20-19(22-14-18-15(2)23-24(4)16(18)3)21-12-9-13-27(25,26)17-10-7-6-8-11-17/h6-8,10-11H,5,9,12-14H2,1-4H3,(H2,20,21,22). The van der Waals surface area contributed by atoms with Gasteiger partial charge in [-0.2, -0.15) is 5.10 Å². The van der Waals surface area contributed by atoms with Crippen molar-refractivity contribution < 1.29 is 8.42 Å². The molecule has 0 atom stereocenters. The van der Waals surface area contributed by atoms with Crippen molar-refractivity contribution in [3.05, 3.63) is 47.3 Å². The van der Waals surface area contributed by atoms with E-state index in [9.17, 15) is 8.42 Å². The summed E-state index contributed by atoms with van der Waals surface area (Å²) in [4.78, 5) is 4.97. The summed E-state index contributed by atoms with van der Waals surface area (Å²) in [5.74, 6) is 0.779. The smallest absolute Gasteiger partial charge is 0.191 e. The van der Waals surface area contributed by atoms with Crippen LogP contribution in [-0.4, -0.2) is 43.0 Å². The van der Waals surface area contributed by atoms with E-state index in [1.165, 1.54) is 0 Å². The molecule has 0 aliphatic heterocycles. The van der Waals surface area contributed by atoms with Gasteiger partial charge in [-0.25, -0.2) is 13.4 Å². The number of nitrogens with one attached hydrogen (secondary N) is 2. The Morgan fingerprint density at radius 1 is 1.19 bits per heavy atom. The van der Waals surface area contributed by atoms with Gasteiger partial charge in [0.05, 0.1) is 22.9 Å². The third kappa shape index (κ3) is 5.82. The van der Waals surface area contributed by atoms with Gasteiger partial charge in [-0.05, 0) is 39.3 Å². The summed E-state index contributed by atoms with van der Waals surface area (Å²) in [7, 11) is -1.32. The molecule has 0 unspecified atom stereocenters. The molecule has 1 aromatic heterocycles. The van der Waals surface area contributed by atoms with E-state index < -0.39 is 9.84 Å². The Bertz CT molecular complexity index is 873. The van der Waals surface area contributed by atoms with Crippen LogP contribution in [0.5, 0.6) is 0 Å². The Kier molecular flexibility index (Phi) is 7.41. The van der Waals surface area contributed by atoms with Crippen LogP contribution in [0, 0.1) is 13.8 Å². The molecule has 8 heteroatoms. The monoisotopic (exact) mass is 391 g/mol. The zero-order chi connectivity index (χ0) is 19.9. The predicted octanol–water partition coefficient (Wildman–Crippen LogP) is 1.96. The van der Waals surface area contributed by atoms with E-state index in [-0.39, 0.29) is 5.75 Å². The lowest BCUT2D eigenvalue weighted by molar-refractivity contribution is 0.592. The van der Waals surface area contributed by atoms with E-state index in [2.05, 4.69) is 20.7 Å². The highest BCUT2D eigenvalue weighted by atomic mass is 32.2. The predicted molar refractivity (Wildman–Crippen MR) is 109 cm³/mol. The van der Waals surface area contributed by atoms with Crippen molar-refractivity contribution in [1.29, 1.82) is 0 Å². The Morgan fingerprint density at radius 3 is 2.48 bits per heavy atom. The minimum absolute atomic E-state index is 0.101. The number of rotatable bonds is 8. The molecule has 0 spiro atoms. The van der Waals surface area contributed by atoms with Crippen LogP contribution < -0.4 is 10.6 Å². The van der Waals surface area contributed by atoms with Crippen molar-refractivity contribution in [2.75, 3.05) is 18.8 Å². The number of sulfone groups is 1. The number of benzene rings is 1. The maximum atomic E-state index is 12.3. The highest BCUT2D eigenvalue weighted by molar-refractivity contribution is 7.91. The molecule has 0 aliphatic carbocycles. The molecule has 2 N–H and O–H groups in total. The third-order valence-corrected chi connectivity index (χ3v) is 6.20. The Morgan fingerprint density at radius 2 is 1.89 bits per heavy atom. The van der Waals surface area contributed by atoms with Gasteiger partial charge in [0.1, 0.15) is 0 Å². The van der Waals surface area contributed by atoms with Crippen LogP contribution >= 0.6 is 0 Å². The van der Waals surface area contributed by atoms with Gasteiger partial charge >= 0.3 is 0 Å². The van der Waals surface area contributed by atoms with Crippen LogP contribution in [0.15, 0.2) is 40.2 Å². The topological polar surface area (TPSA) is 88.4 Å². The van der Waals surface area contributed by atoms with Crippen LogP contribution in [-0.2, 0) is 23.4 Å². The zero-order valence-electron chi connectivity index (χ0n) is 16.5. The minimum Gasteiger partial charge on any atom is -0.357 e. The molecule has 0 radical (unpaired) electrons. The lowest BCUT2D eigenvalue weighted by Gasteiger charge is -2.11. The van der Waals surface area contributed by atoms with Gasteiger partial charge < -0.3 is 10.6 Å². The molecule has 27 heavy (non-hydrogen) atoms. The van der Waals surface area contributed by atoms with Gasteiger partial charge in [-0.1, -0.05) is 18.2 Å². The van der Waals surface area contributed by atoms with Crippen LogP contribution in [0.3, 0.4) is 0 Å². The molecule has 0 saturated heterocycles. The normalized spacial score (nSPS) is 12.2. The Labute approximate surface area is 161 Å². The fourth-order valence-corrected chi connectivity index (χ4v) is 4.09. The lowest BCUT2D eigenvalue weighted by atomic mass is 10.2. The molecule has 2 rings (SSSR count). The fraction of sp³-hybridized carbons (Fsp3) is 0.474. The summed E-state index contributed by atoms with van der Waals surface area (Å²) < 4.78 is 26.5. The molecule has 0 fully saturated rings. The van der Waals surface area contributed by atoms with Crippen molar-refractivity contribution in [1.82, 2.24) is 20.4 Å². The summed E-state index contributed by atoms with van der Waals surface area (Å²) in [6.45, 7) is 7.80. The first-order valence-corrected chi connectivity index (χ1v) is 10.8. The molecule has 0 amide bonds. The number of hydrogen-bond donors (Lipinski definition) is 2. The second kappa shape index (κ2) is 9.55. The molecular formula is C19H29N5O2S. The van der Waals surface area contributed by atoms with Gasteiger partial charge in [0.25, 0.3) is 0 Å². The van der Waals surface area contributed by atoms with Crippen LogP contribution in [0.4, 0.5) is 0 Å². The largest absolute Gasteiger partial charge is 0.357 e. The van der Waals surface area contributed by atoms with Gasteiger partial charge in [0.15, 0.2) is 15.8 Å². The molecule has 0 aliphatic rings. The number of hydrogen-bond acceptors (Lipinski definition) is 4. The van der Waals surface area contributed by atoms with Gasteiger partial charge in [-0.3, -0.25) is 4.68 Å². The quantitative estimate of drug-likeness (QED) is 0.408. The van der Waals surface area contributed by atoms with E-state index in [0.29, 0.717) is 30.4 Å². The summed E-state index contributed by atoms with van der Waals surface area (Å²) in [6, 6.07) is 8.55. The average Bonchev–Trinajstić information content (AvgIpc) is 2.89. The first kappa shape index (κ1) is 21.0. The van der Waals surface area contributed by atoms with Gasteiger partial charge in [-0.15, -0.1) is 0 Å².